The highest BCUT2D eigenvalue weighted by Crippen LogP contribution is 2.30. The third kappa shape index (κ3) is 5.92. The minimum atomic E-state index is 0.768. The Morgan fingerprint density at radius 2 is 1.97 bits per heavy atom. The Balaban J connectivity index is 1.23. The number of hydrogen-bond donors (Lipinski definition) is 2. The van der Waals surface area contributed by atoms with Crippen molar-refractivity contribution in [1.82, 2.24) is 15.2 Å². The van der Waals surface area contributed by atoms with Crippen molar-refractivity contribution in [2.45, 2.75) is 16.5 Å². The molecule has 2 N–H and O–H groups in total. The highest BCUT2D eigenvalue weighted by Gasteiger charge is 2.08. The Bertz CT molecular complexity index is 1010. The van der Waals surface area contributed by atoms with Crippen molar-refractivity contribution < 1.29 is 4.74 Å². The zero-order chi connectivity index (χ0) is 19.9. The van der Waals surface area contributed by atoms with E-state index in [1.807, 2.05) is 24.3 Å². The first-order chi connectivity index (χ1) is 14.3. The van der Waals surface area contributed by atoms with E-state index in [2.05, 4.69) is 48.7 Å². The molecule has 0 unspecified atom stereocenters. The van der Waals surface area contributed by atoms with Crippen molar-refractivity contribution in [2.24, 2.45) is 0 Å². The molecule has 1 aromatic carbocycles. The lowest BCUT2D eigenvalue weighted by Crippen LogP contribution is -2.03. The number of rotatable bonds is 10. The van der Waals surface area contributed by atoms with Gasteiger partial charge in [0, 0.05) is 28.2 Å². The summed E-state index contributed by atoms with van der Waals surface area (Å²) in [4.78, 5) is 6.02. The van der Waals surface area contributed by atoms with Gasteiger partial charge in [0.15, 0.2) is 9.47 Å². The third-order valence-corrected chi connectivity index (χ3v) is 7.66. The summed E-state index contributed by atoms with van der Waals surface area (Å²) in [5.41, 5.74) is 2.01. The Kier molecular flexibility index (Phi) is 6.99. The van der Waals surface area contributed by atoms with Crippen molar-refractivity contribution in [1.29, 1.82) is 0 Å². The van der Waals surface area contributed by atoms with Crippen molar-refractivity contribution in [3.8, 4) is 5.75 Å². The van der Waals surface area contributed by atoms with Crippen molar-refractivity contribution in [2.75, 3.05) is 24.3 Å². The zero-order valence-electron chi connectivity index (χ0n) is 15.6. The highest BCUT2D eigenvalue weighted by molar-refractivity contribution is 8.00. The number of ether oxygens (including phenoxy) is 1. The number of nitrogens with zero attached hydrogens (tertiary/aromatic N) is 3. The molecule has 4 rings (SSSR count). The SMILES string of the molecule is COc1ccc(Nc2nc(CSc3nnc(NCCc4cccs4)s3)cs2)cc1. The van der Waals surface area contributed by atoms with Gasteiger partial charge in [0.2, 0.25) is 5.13 Å². The summed E-state index contributed by atoms with van der Waals surface area (Å²) in [6.07, 6.45) is 1.00. The van der Waals surface area contributed by atoms with Crippen LogP contribution in [0.15, 0.2) is 51.5 Å². The molecule has 0 spiro atoms. The number of thioether (sulfide) groups is 1. The lowest BCUT2D eigenvalue weighted by molar-refractivity contribution is 0.415. The van der Waals surface area contributed by atoms with E-state index in [0.717, 1.165) is 50.5 Å². The molecule has 0 amide bonds. The maximum atomic E-state index is 5.18. The van der Waals surface area contributed by atoms with E-state index in [1.54, 1.807) is 52.9 Å². The molecule has 0 bridgehead atoms. The highest BCUT2D eigenvalue weighted by atomic mass is 32.2. The summed E-state index contributed by atoms with van der Waals surface area (Å²) >= 11 is 6.61. The summed E-state index contributed by atoms with van der Waals surface area (Å²) in [5, 5.41) is 21.1. The van der Waals surface area contributed by atoms with Crippen LogP contribution in [0.2, 0.25) is 0 Å². The molecule has 3 aromatic heterocycles. The molecule has 29 heavy (non-hydrogen) atoms. The van der Waals surface area contributed by atoms with Gasteiger partial charge in [-0.2, -0.15) is 0 Å². The third-order valence-electron chi connectivity index (χ3n) is 3.87. The van der Waals surface area contributed by atoms with Gasteiger partial charge in [-0.05, 0) is 42.1 Å². The van der Waals surface area contributed by atoms with Crippen molar-refractivity contribution >= 4 is 61.7 Å². The van der Waals surface area contributed by atoms with Crippen LogP contribution in [0, 0.1) is 0 Å². The van der Waals surface area contributed by atoms with E-state index >= 15 is 0 Å². The van der Waals surface area contributed by atoms with Gasteiger partial charge in [-0.3, -0.25) is 0 Å². The molecular weight excluding hydrogens is 443 g/mol. The standard InChI is InChI=1S/C19H19N5OS4/c1-25-15-6-4-13(5-7-15)21-18-22-14(11-27-18)12-28-19-24-23-17(29-19)20-9-8-16-3-2-10-26-16/h2-7,10-11H,8-9,12H2,1H3,(H,20,23)(H,21,22). The van der Waals surface area contributed by atoms with Gasteiger partial charge in [-0.25, -0.2) is 4.98 Å². The van der Waals surface area contributed by atoms with Crippen LogP contribution >= 0.6 is 45.8 Å². The first-order valence-electron chi connectivity index (χ1n) is 8.86. The van der Waals surface area contributed by atoms with E-state index in [0.29, 0.717) is 0 Å². The number of thiophene rings is 1. The molecule has 0 aliphatic rings. The molecule has 0 atom stereocenters. The number of methoxy groups -OCH3 is 1. The molecule has 0 saturated carbocycles. The van der Waals surface area contributed by atoms with Crippen LogP contribution < -0.4 is 15.4 Å². The number of nitrogens with one attached hydrogen (secondary N) is 2. The van der Waals surface area contributed by atoms with E-state index in [1.165, 1.54) is 4.88 Å². The second kappa shape index (κ2) is 10.1. The van der Waals surface area contributed by atoms with Crippen LogP contribution in [-0.4, -0.2) is 28.8 Å². The number of aromatic nitrogens is 3. The molecule has 0 fully saturated rings. The lowest BCUT2D eigenvalue weighted by Gasteiger charge is -2.03. The fourth-order valence-corrected chi connectivity index (χ4v) is 5.67. The molecule has 0 aliphatic carbocycles. The van der Waals surface area contributed by atoms with E-state index < -0.39 is 0 Å². The lowest BCUT2D eigenvalue weighted by atomic mass is 10.3. The van der Waals surface area contributed by atoms with Gasteiger partial charge in [0.1, 0.15) is 5.75 Å². The maximum Gasteiger partial charge on any atom is 0.206 e. The number of thiazole rings is 1. The van der Waals surface area contributed by atoms with Crippen LogP contribution in [0.25, 0.3) is 0 Å². The van der Waals surface area contributed by atoms with Crippen LogP contribution in [0.4, 0.5) is 16.0 Å². The minimum absolute atomic E-state index is 0.768. The predicted octanol–water partition coefficient (Wildman–Crippen LogP) is 5.76. The van der Waals surface area contributed by atoms with Gasteiger partial charge in [-0.1, -0.05) is 29.2 Å². The van der Waals surface area contributed by atoms with E-state index in [9.17, 15) is 0 Å². The number of benzene rings is 1. The fraction of sp³-hybridized carbons (Fsp3) is 0.211. The molecule has 10 heteroatoms. The van der Waals surface area contributed by atoms with Crippen LogP contribution in [0.3, 0.4) is 0 Å². The molecule has 0 aliphatic heterocycles. The topological polar surface area (TPSA) is 72.0 Å². The smallest absolute Gasteiger partial charge is 0.206 e. The summed E-state index contributed by atoms with van der Waals surface area (Å²) < 4.78 is 6.13. The van der Waals surface area contributed by atoms with Crippen LogP contribution in [0.5, 0.6) is 5.75 Å². The molecular formula is C19H19N5OS4. The second-order valence-electron chi connectivity index (χ2n) is 5.92. The van der Waals surface area contributed by atoms with Crippen molar-refractivity contribution in [3.63, 3.8) is 0 Å². The number of hydrogen-bond acceptors (Lipinski definition) is 10. The van der Waals surface area contributed by atoms with Crippen LogP contribution in [0.1, 0.15) is 10.6 Å². The van der Waals surface area contributed by atoms with Gasteiger partial charge in [0.05, 0.1) is 12.8 Å². The first kappa shape index (κ1) is 20.1. The predicted molar refractivity (Wildman–Crippen MR) is 124 cm³/mol. The maximum absolute atomic E-state index is 5.18. The van der Waals surface area contributed by atoms with E-state index in [4.69, 9.17) is 4.74 Å². The van der Waals surface area contributed by atoms with Gasteiger partial charge in [0.25, 0.3) is 0 Å². The summed E-state index contributed by atoms with van der Waals surface area (Å²) in [5.74, 6) is 1.61. The Morgan fingerprint density at radius 3 is 2.76 bits per heavy atom. The number of anilines is 3. The monoisotopic (exact) mass is 461 g/mol. The minimum Gasteiger partial charge on any atom is -0.497 e. The van der Waals surface area contributed by atoms with Gasteiger partial charge in [-0.15, -0.1) is 32.9 Å². The average molecular weight is 462 g/mol. The molecule has 150 valence electrons. The zero-order valence-corrected chi connectivity index (χ0v) is 18.9. The molecule has 3 heterocycles. The molecule has 0 saturated heterocycles. The van der Waals surface area contributed by atoms with Crippen molar-refractivity contribution in [3.05, 3.63) is 57.7 Å². The summed E-state index contributed by atoms with van der Waals surface area (Å²) in [6.45, 7) is 0.867. The normalized spacial score (nSPS) is 10.8. The molecule has 0 radical (unpaired) electrons. The Morgan fingerprint density at radius 1 is 1.07 bits per heavy atom. The first-order valence-corrected chi connectivity index (χ1v) is 12.4. The van der Waals surface area contributed by atoms with Gasteiger partial charge < -0.3 is 15.4 Å². The Hall–Kier alpha value is -2.14. The Labute approximate surface area is 185 Å². The molecule has 6 nitrogen and oxygen atoms in total. The van der Waals surface area contributed by atoms with Crippen LogP contribution in [-0.2, 0) is 12.2 Å². The largest absolute Gasteiger partial charge is 0.497 e. The van der Waals surface area contributed by atoms with Gasteiger partial charge >= 0.3 is 0 Å². The quantitative estimate of drug-likeness (QED) is 0.291. The molecule has 4 aromatic rings. The fourth-order valence-electron chi connectivity index (χ4n) is 2.45. The second-order valence-corrected chi connectivity index (χ2v) is 10.0. The summed E-state index contributed by atoms with van der Waals surface area (Å²) in [7, 11) is 1.66. The van der Waals surface area contributed by atoms with E-state index in [-0.39, 0.29) is 0 Å². The average Bonchev–Trinajstić information content (AvgIpc) is 3.50. The summed E-state index contributed by atoms with van der Waals surface area (Å²) in [6, 6.07) is 12.0.